The third-order valence-corrected chi connectivity index (χ3v) is 3.70. The second-order valence-corrected chi connectivity index (χ2v) is 6.06. The number of rotatable bonds is 5. The number of hydrogen-bond acceptors (Lipinski definition) is 4. The van der Waals surface area contributed by atoms with Crippen molar-refractivity contribution in [3.63, 3.8) is 0 Å². The van der Waals surface area contributed by atoms with Crippen LogP contribution in [0.4, 0.5) is 0 Å². The van der Waals surface area contributed by atoms with E-state index < -0.39 is 11.4 Å². The van der Waals surface area contributed by atoms with Gasteiger partial charge in [0.1, 0.15) is 17.1 Å². The number of ketones is 1. The highest BCUT2D eigenvalue weighted by Gasteiger charge is 2.30. The number of aromatic carboxylic acids is 1. The zero-order chi connectivity index (χ0) is 17.2. The van der Waals surface area contributed by atoms with Gasteiger partial charge in [-0.2, -0.15) is 0 Å². The van der Waals surface area contributed by atoms with E-state index in [0.717, 1.165) is 0 Å². The third kappa shape index (κ3) is 3.51. The fourth-order valence-corrected chi connectivity index (χ4v) is 2.49. The molecular weight excluding hydrogens is 296 g/mol. The number of para-hydroxylation sites is 1. The predicted molar refractivity (Wildman–Crippen MR) is 85.0 cm³/mol. The molecule has 0 amide bonds. The Morgan fingerprint density at radius 1 is 0.957 bits per heavy atom. The Hall–Kier alpha value is -2.82. The molecule has 0 saturated carbocycles. The summed E-state index contributed by atoms with van der Waals surface area (Å²) < 4.78 is 0. The van der Waals surface area contributed by atoms with Crippen LogP contribution in [0.5, 0.6) is 11.5 Å². The Morgan fingerprint density at radius 3 is 2.17 bits per heavy atom. The molecule has 5 heteroatoms. The van der Waals surface area contributed by atoms with Crippen molar-refractivity contribution in [1.29, 1.82) is 0 Å². The van der Waals surface area contributed by atoms with Crippen molar-refractivity contribution < 1.29 is 24.9 Å². The number of phenolic OH excluding ortho intramolecular Hbond substituents is 1. The number of carbonyl (C=O) groups excluding carboxylic acids is 1. The molecule has 0 aromatic heterocycles. The molecule has 0 spiro atoms. The van der Waals surface area contributed by atoms with Crippen molar-refractivity contribution in [2.24, 2.45) is 5.41 Å². The molecule has 0 aliphatic carbocycles. The minimum atomic E-state index is -1.21. The summed E-state index contributed by atoms with van der Waals surface area (Å²) in [5, 5.41) is 28.5. The number of carboxylic acid groups (broad SMARTS) is 1. The zero-order valence-electron chi connectivity index (χ0n) is 12.9. The number of carboxylic acids is 1. The normalized spacial score (nSPS) is 11.2. The van der Waals surface area contributed by atoms with E-state index in [-0.39, 0.29) is 28.4 Å². The van der Waals surface area contributed by atoms with Crippen LogP contribution in [0.2, 0.25) is 0 Å². The number of phenols is 2. The van der Waals surface area contributed by atoms with Gasteiger partial charge in [0, 0.05) is 5.41 Å². The van der Waals surface area contributed by atoms with E-state index >= 15 is 0 Å². The minimum Gasteiger partial charge on any atom is -0.507 e. The first-order chi connectivity index (χ1) is 10.7. The summed E-state index contributed by atoms with van der Waals surface area (Å²) in [6.07, 6.45) is 0.299. The topological polar surface area (TPSA) is 94.8 Å². The van der Waals surface area contributed by atoms with Crippen molar-refractivity contribution >= 4 is 11.8 Å². The molecule has 23 heavy (non-hydrogen) atoms. The lowest BCUT2D eigenvalue weighted by Gasteiger charge is -2.24. The fourth-order valence-electron chi connectivity index (χ4n) is 2.49. The fraction of sp³-hybridized carbons (Fsp3) is 0.222. The third-order valence-electron chi connectivity index (χ3n) is 3.70. The lowest BCUT2D eigenvalue weighted by atomic mass is 9.78. The highest BCUT2D eigenvalue weighted by Crippen LogP contribution is 2.31. The second-order valence-electron chi connectivity index (χ2n) is 6.06. The first-order valence-corrected chi connectivity index (χ1v) is 7.10. The summed E-state index contributed by atoms with van der Waals surface area (Å²) in [5.41, 5.74) is -0.125. The number of Topliss-reactive ketones (excluding diaryl/α,β-unsaturated/α-hetero) is 1. The Labute approximate surface area is 133 Å². The monoisotopic (exact) mass is 314 g/mol. The van der Waals surface area contributed by atoms with Crippen molar-refractivity contribution in [3.05, 3.63) is 59.2 Å². The largest absolute Gasteiger partial charge is 0.507 e. The van der Waals surface area contributed by atoms with E-state index in [4.69, 9.17) is 5.11 Å². The second kappa shape index (κ2) is 6.12. The zero-order valence-corrected chi connectivity index (χ0v) is 12.9. The van der Waals surface area contributed by atoms with Crippen LogP contribution in [0, 0.1) is 5.41 Å². The lowest BCUT2D eigenvalue weighted by molar-refractivity contribution is 0.0693. The van der Waals surface area contributed by atoms with Gasteiger partial charge in [0.25, 0.3) is 0 Å². The number of carbonyl (C=O) groups is 2. The first kappa shape index (κ1) is 16.5. The maximum absolute atomic E-state index is 12.6. The van der Waals surface area contributed by atoms with Crippen LogP contribution in [0.3, 0.4) is 0 Å². The van der Waals surface area contributed by atoms with E-state index in [9.17, 15) is 19.8 Å². The Bertz CT molecular complexity index is 762. The van der Waals surface area contributed by atoms with E-state index in [1.807, 2.05) is 0 Å². The molecule has 120 valence electrons. The van der Waals surface area contributed by atoms with Gasteiger partial charge in [-0.1, -0.05) is 32.0 Å². The van der Waals surface area contributed by atoms with Gasteiger partial charge >= 0.3 is 5.97 Å². The maximum atomic E-state index is 12.6. The average Bonchev–Trinajstić information content (AvgIpc) is 2.46. The van der Waals surface area contributed by atoms with Gasteiger partial charge in [-0.25, -0.2) is 4.79 Å². The summed E-state index contributed by atoms with van der Waals surface area (Å²) in [6.45, 7) is 3.48. The molecule has 0 aliphatic rings. The van der Waals surface area contributed by atoms with Gasteiger partial charge in [-0.15, -0.1) is 0 Å². The summed E-state index contributed by atoms with van der Waals surface area (Å²) in [5.74, 6) is -1.84. The Balaban J connectivity index is 2.28. The predicted octanol–water partition coefficient (Wildman–Crippen LogP) is 3.25. The molecule has 0 saturated heterocycles. The maximum Gasteiger partial charge on any atom is 0.339 e. The van der Waals surface area contributed by atoms with E-state index in [2.05, 4.69) is 0 Å². The summed E-state index contributed by atoms with van der Waals surface area (Å²) >= 11 is 0. The molecular formula is C18H18O5. The molecule has 2 rings (SSSR count). The number of aromatic hydroxyl groups is 2. The molecule has 0 atom stereocenters. The SMILES string of the molecule is CC(C)(Cc1ccc(C(=O)O)c(O)c1)C(=O)c1ccccc1O. The van der Waals surface area contributed by atoms with Gasteiger partial charge in [0.05, 0.1) is 5.56 Å². The van der Waals surface area contributed by atoms with E-state index in [1.165, 1.54) is 18.2 Å². The van der Waals surface area contributed by atoms with Crippen LogP contribution in [-0.2, 0) is 6.42 Å². The summed E-state index contributed by atoms with van der Waals surface area (Å²) in [6, 6.07) is 10.6. The standard InChI is InChI=1S/C18H18O5/c1-18(2,16(21)12-5-3-4-6-14(12)19)10-11-7-8-13(17(22)23)15(20)9-11/h3-9,19-20H,10H2,1-2H3,(H,22,23). The van der Waals surface area contributed by atoms with Crippen LogP contribution < -0.4 is 0 Å². The van der Waals surface area contributed by atoms with Crippen LogP contribution >= 0.6 is 0 Å². The molecule has 2 aromatic carbocycles. The molecule has 0 radical (unpaired) electrons. The van der Waals surface area contributed by atoms with Gasteiger partial charge < -0.3 is 15.3 Å². The van der Waals surface area contributed by atoms with Crippen LogP contribution in [0.25, 0.3) is 0 Å². The molecule has 0 aliphatic heterocycles. The van der Waals surface area contributed by atoms with Crippen molar-refractivity contribution in [1.82, 2.24) is 0 Å². The number of hydrogen-bond donors (Lipinski definition) is 3. The highest BCUT2D eigenvalue weighted by molar-refractivity contribution is 6.02. The smallest absolute Gasteiger partial charge is 0.339 e. The average molecular weight is 314 g/mol. The van der Waals surface area contributed by atoms with Crippen molar-refractivity contribution in [2.45, 2.75) is 20.3 Å². The lowest BCUT2D eigenvalue weighted by Crippen LogP contribution is -2.27. The van der Waals surface area contributed by atoms with E-state index in [0.29, 0.717) is 12.0 Å². The Kier molecular flexibility index (Phi) is 4.40. The Morgan fingerprint density at radius 2 is 1.61 bits per heavy atom. The summed E-state index contributed by atoms with van der Waals surface area (Å²) in [4.78, 5) is 23.5. The quantitative estimate of drug-likeness (QED) is 0.736. The molecule has 5 nitrogen and oxygen atoms in total. The van der Waals surface area contributed by atoms with Crippen molar-refractivity contribution in [2.75, 3.05) is 0 Å². The van der Waals surface area contributed by atoms with Gasteiger partial charge in [-0.05, 0) is 36.2 Å². The first-order valence-electron chi connectivity index (χ1n) is 7.10. The van der Waals surface area contributed by atoms with Crippen molar-refractivity contribution in [3.8, 4) is 11.5 Å². The van der Waals surface area contributed by atoms with Gasteiger partial charge in [-0.3, -0.25) is 4.79 Å². The summed E-state index contributed by atoms with van der Waals surface area (Å²) in [7, 11) is 0. The van der Waals surface area contributed by atoms with E-state index in [1.54, 1.807) is 38.1 Å². The number of benzene rings is 2. The van der Waals surface area contributed by atoms with Crippen LogP contribution in [0.1, 0.15) is 40.1 Å². The van der Waals surface area contributed by atoms with Gasteiger partial charge in [0.15, 0.2) is 5.78 Å². The molecule has 0 unspecified atom stereocenters. The minimum absolute atomic E-state index is 0.0744. The highest BCUT2D eigenvalue weighted by atomic mass is 16.4. The molecule has 0 fully saturated rings. The van der Waals surface area contributed by atoms with Crippen LogP contribution in [-0.4, -0.2) is 27.1 Å². The molecule has 3 N–H and O–H groups in total. The molecule has 0 heterocycles. The molecule has 2 aromatic rings. The van der Waals surface area contributed by atoms with Crippen LogP contribution in [0.15, 0.2) is 42.5 Å². The van der Waals surface area contributed by atoms with Gasteiger partial charge in [0.2, 0.25) is 0 Å². The molecule has 0 bridgehead atoms.